The Labute approximate surface area is 148 Å². The normalized spacial score (nSPS) is 29.9. The second kappa shape index (κ2) is 8.29. The second-order valence-electron chi connectivity index (χ2n) is 7.85. The second-order valence-corrected chi connectivity index (χ2v) is 7.85. The average molecular weight is 352 g/mol. The van der Waals surface area contributed by atoms with Gasteiger partial charge in [-0.3, -0.25) is 0 Å². The standard InChI is InChI=1S/C21H27F3O/c1-14-2-4-15(5-3-14)16-6-8-17(9-7-16)18-10-11-20(19(22)12-18)25-13-21(23)24/h10-17H,2-9H2,1H3. The van der Waals surface area contributed by atoms with E-state index in [-0.39, 0.29) is 12.0 Å². The Bertz CT molecular complexity index is 593. The molecule has 0 aromatic heterocycles. The van der Waals surface area contributed by atoms with Crippen LogP contribution in [-0.2, 0) is 0 Å². The summed E-state index contributed by atoms with van der Waals surface area (Å²) in [5, 5.41) is 0. The minimum absolute atomic E-state index is 0.151. The molecule has 0 N–H and O–H groups in total. The first-order valence-electron chi connectivity index (χ1n) is 9.50. The Morgan fingerprint density at radius 2 is 1.56 bits per heavy atom. The van der Waals surface area contributed by atoms with Crippen molar-refractivity contribution in [1.82, 2.24) is 0 Å². The SMILES string of the molecule is CC1CCC(C2CCC(c3ccc(OC=C(F)F)c(F)c3)CC2)CC1. The summed E-state index contributed by atoms with van der Waals surface area (Å²) in [7, 11) is 0. The molecule has 2 aliphatic carbocycles. The molecule has 138 valence electrons. The Balaban J connectivity index is 1.56. The maximum absolute atomic E-state index is 14.1. The van der Waals surface area contributed by atoms with Crippen molar-refractivity contribution in [3.8, 4) is 5.75 Å². The minimum Gasteiger partial charge on any atom is -0.456 e. The zero-order valence-electron chi connectivity index (χ0n) is 14.8. The molecule has 2 fully saturated rings. The molecule has 0 heterocycles. The van der Waals surface area contributed by atoms with Crippen LogP contribution in [0, 0.1) is 23.6 Å². The molecule has 3 rings (SSSR count). The van der Waals surface area contributed by atoms with Crippen molar-refractivity contribution in [2.45, 2.75) is 64.2 Å². The molecule has 4 heteroatoms. The summed E-state index contributed by atoms with van der Waals surface area (Å²) in [6.07, 6.45) is 8.40. The zero-order chi connectivity index (χ0) is 17.8. The Morgan fingerprint density at radius 1 is 0.960 bits per heavy atom. The van der Waals surface area contributed by atoms with E-state index in [9.17, 15) is 13.2 Å². The number of rotatable bonds is 4. The van der Waals surface area contributed by atoms with Crippen molar-refractivity contribution in [2.24, 2.45) is 17.8 Å². The molecule has 0 atom stereocenters. The van der Waals surface area contributed by atoms with Crippen LogP contribution in [-0.4, -0.2) is 0 Å². The highest BCUT2D eigenvalue weighted by Crippen LogP contribution is 2.44. The van der Waals surface area contributed by atoms with E-state index in [4.69, 9.17) is 0 Å². The van der Waals surface area contributed by atoms with Gasteiger partial charge in [-0.1, -0.05) is 25.8 Å². The molecule has 0 unspecified atom stereocenters. The predicted octanol–water partition coefficient (Wildman–Crippen LogP) is 7.04. The number of ether oxygens (including phenoxy) is 1. The van der Waals surface area contributed by atoms with Crippen molar-refractivity contribution in [1.29, 1.82) is 0 Å². The largest absolute Gasteiger partial charge is 0.456 e. The summed E-state index contributed by atoms with van der Waals surface area (Å²) < 4.78 is 42.8. The highest BCUT2D eigenvalue weighted by molar-refractivity contribution is 5.32. The molecule has 0 aliphatic heterocycles. The molecule has 0 amide bonds. The quantitative estimate of drug-likeness (QED) is 0.528. The molecule has 2 aliphatic rings. The van der Waals surface area contributed by atoms with Crippen LogP contribution in [0.5, 0.6) is 5.75 Å². The van der Waals surface area contributed by atoms with Gasteiger partial charge in [-0.05, 0) is 79.9 Å². The van der Waals surface area contributed by atoms with Crippen molar-refractivity contribution in [3.63, 3.8) is 0 Å². The molecule has 2 saturated carbocycles. The zero-order valence-corrected chi connectivity index (χ0v) is 14.8. The number of hydrogen-bond donors (Lipinski definition) is 0. The minimum atomic E-state index is -1.97. The van der Waals surface area contributed by atoms with E-state index >= 15 is 0 Å². The van der Waals surface area contributed by atoms with Gasteiger partial charge in [-0.15, -0.1) is 0 Å². The third-order valence-corrected chi connectivity index (χ3v) is 6.20. The average Bonchev–Trinajstić information content (AvgIpc) is 2.61. The smallest absolute Gasteiger partial charge is 0.305 e. The van der Waals surface area contributed by atoms with Crippen LogP contribution in [0.3, 0.4) is 0 Å². The van der Waals surface area contributed by atoms with Crippen LogP contribution >= 0.6 is 0 Å². The lowest BCUT2D eigenvalue weighted by Crippen LogP contribution is -2.24. The van der Waals surface area contributed by atoms with Gasteiger partial charge < -0.3 is 4.74 Å². The lowest BCUT2D eigenvalue weighted by Gasteiger charge is -2.37. The molecule has 1 aromatic rings. The monoisotopic (exact) mass is 352 g/mol. The third-order valence-electron chi connectivity index (χ3n) is 6.20. The molecular formula is C21H27F3O. The lowest BCUT2D eigenvalue weighted by atomic mass is 9.68. The van der Waals surface area contributed by atoms with Gasteiger partial charge in [0.25, 0.3) is 0 Å². The van der Waals surface area contributed by atoms with Crippen LogP contribution in [0.15, 0.2) is 30.5 Å². The van der Waals surface area contributed by atoms with Gasteiger partial charge in [-0.25, -0.2) is 4.39 Å². The van der Waals surface area contributed by atoms with Crippen LogP contribution < -0.4 is 4.74 Å². The van der Waals surface area contributed by atoms with E-state index < -0.39 is 11.9 Å². The number of hydrogen-bond acceptors (Lipinski definition) is 1. The summed E-state index contributed by atoms with van der Waals surface area (Å²) in [6, 6.07) is 4.72. The first-order chi connectivity index (χ1) is 12.0. The van der Waals surface area contributed by atoms with Crippen LogP contribution in [0.4, 0.5) is 13.2 Å². The first-order valence-corrected chi connectivity index (χ1v) is 9.50. The fourth-order valence-electron chi connectivity index (χ4n) is 4.66. The van der Waals surface area contributed by atoms with Crippen molar-refractivity contribution in [3.05, 3.63) is 41.9 Å². The van der Waals surface area contributed by atoms with Gasteiger partial charge in [0.1, 0.15) is 0 Å². The first kappa shape index (κ1) is 18.3. The van der Waals surface area contributed by atoms with E-state index in [2.05, 4.69) is 11.7 Å². The Morgan fingerprint density at radius 3 is 2.12 bits per heavy atom. The van der Waals surface area contributed by atoms with Crippen molar-refractivity contribution < 1.29 is 17.9 Å². The summed E-state index contributed by atoms with van der Waals surface area (Å²) in [5.74, 6) is 2.24. The molecule has 25 heavy (non-hydrogen) atoms. The third kappa shape index (κ3) is 4.80. The summed E-state index contributed by atoms with van der Waals surface area (Å²) >= 11 is 0. The maximum Gasteiger partial charge on any atom is 0.305 e. The van der Waals surface area contributed by atoms with Gasteiger partial charge in [0.15, 0.2) is 17.8 Å². The van der Waals surface area contributed by atoms with Gasteiger partial charge in [-0.2, -0.15) is 8.78 Å². The van der Waals surface area contributed by atoms with E-state index in [0.29, 0.717) is 5.92 Å². The maximum atomic E-state index is 14.1. The highest BCUT2D eigenvalue weighted by atomic mass is 19.3. The summed E-state index contributed by atoms with van der Waals surface area (Å²) in [5.41, 5.74) is 0.963. The van der Waals surface area contributed by atoms with Crippen molar-refractivity contribution in [2.75, 3.05) is 0 Å². The Kier molecular flexibility index (Phi) is 6.08. The summed E-state index contributed by atoms with van der Waals surface area (Å²) in [6.45, 7) is 2.35. The van der Waals surface area contributed by atoms with Gasteiger partial charge >= 0.3 is 6.08 Å². The molecule has 0 spiro atoms. The van der Waals surface area contributed by atoms with E-state index in [0.717, 1.165) is 36.2 Å². The molecule has 0 saturated heterocycles. The van der Waals surface area contributed by atoms with Crippen LogP contribution in [0.1, 0.15) is 69.8 Å². The van der Waals surface area contributed by atoms with E-state index in [1.807, 2.05) is 6.07 Å². The fraction of sp³-hybridized carbons (Fsp3) is 0.619. The Hall–Kier alpha value is -1.45. The fourth-order valence-corrected chi connectivity index (χ4v) is 4.66. The molecular weight excluding hydrogens is 325 g/mol. The lowest BCUT2D eigenvalue weighted by molar-refractivity contribution is 0.165. The van der Waals surface area contributed by atoms with Crippen LogP contribution in [0.2, 0.25) is 0 Å². The summed E-state index contributed by atoms with van der Waals surface area (Å²) in [4.78, 5) is 0. The predicted molar refractivity (Wildman–Crippen MR) is 93.1 cm³/mol. The highest BCUT2D eigenvalue weighted by Gasteiger charge is 2.30. The molecule has 0 bridgehead atoms. The van der Waals surface area contributed by atoms with Crippen LogP contribution in [0.25, 0.3) is 0 Å². The topological polar surface area (TPSA) is 9.23 Å². The van der Waals surface area contributed by atoms with Gasteiger partial charge in [0.05, 0.1) is 0 Å². The van der Waals surface area contributed by atoms with E-state index in [1.54, 1.807) is 0 Å². The number of halogens is 3. The molecule has 0 radical (unpaired) electrons. The van der Waals surface area contributed by atoms with Gasteiger partial charge in [0, 0.05) is 0 Å². The van der Waals surface area contributed by atoms with E-state index in [1.165, 1.54) is 50.7 Å². The molecule has 1 aromatic carbocycles. The number of benzene rings is 1. The van der Waals surface area contributed by atoms with Crippen molar-refractivity contribution >= 4 is 0 Å². The van der Waals surface area contributed by atoms with Gasteiger partial charge in [0.2, 0.25) is 0 Å². The molecule has 1 nitrogen and oxygen atoms in total.